The lowest BCUT2D eigenvalue weighted by molar-refractivity contribution is -0.215. The summed E-state index contributed by atoms with van der Waals surface area (Å²) in [6, 6.07) is 39.7. The van der Waals surface area contributed by atoms with Crippen molar-refractivity contribution >= 4 is 29.8 Å². The van der Waals surface area contributed by atoms with Gasteiger partial charge in [-0.3, -0.25) is 0 Å². The van der Waals surface area contributed by atoms with Crippen LogP contribution in [0.25, 0.3) is 0 Å². The van der Waals surface area contributed by atoms with E-state index in [-0.39, 0.29) is 27.8 Å². The quantitative estimate of drug-likeness (QED) is 0.0926. The number of halogens is 1. The molecule has 2 aliphatic rings. The number of alkyl halides is 1. The van der Waals surface area contributed by atoms with Crippen LogP contribution in [0, 0.1) is 0 Å². The van der Waals surface area contributed by atoms with Gasteiger partial charge in [0.2, 0.25) is 6.36 Å². The Bertz CT molecular complexity index is 2190. The topological polar surface area (TPSA) is 159 Å². The lowest BCUT2D eigenvalue weighted by Crippen LogP contribution is -2.47. The Morgan fingerprint density at radius 3 is 1.12 bits per heavy atom. The predicted octanol–water partition coefficient (Wildman–Crippen LogP) is 6.18. The molecule has 0 bridgehead atoms. The number of hydrogen-bond acceptors (Lipinski definition) is 13. The maximum absolute atomic E-state index is 15.9. The summed E-state index contributed by atoms with van der Waals surface area (Å²) in [7, 11) is 0. The predicted molar refractivity (Wildman–Crippen MR) is 204 cm³/mol. The first-order valence-corrected chi connectivity index (χ1v) is 18.6. The molecule has 5 aromatic rings. The summed E-state index contributed by atoms with van der Waals surface area (Å²) in [6.07, 6.45) is -13.2. The molecule has 302 valence electrons. The Morgan fingerprint density at radius 1 is 0.407 bits per heavy atom. The molecule has 2 heterocycles. The fourth-order valence-corrected chi connectivity index (χ4v) is 6.39. The zero-order chi connectivity index (χ0) is 41.1. The Balaban J connectivity index is 1.21. The van der Waals surface area contributed by atoms with E-state index in [0.717, 1.165) is 0 Å². The fraction of sp³-hybridized carbons (Fsp3) is 0.222. The number of ether oxygens (including phenoxy) is 8. The van der Waals surface area contributed by atoms with Gasteiger partial charge in [0.1, 0.15) is 31.5 Å². The van der Waals surface area contributed by atoms with E-state index >= 15 is 4.39 Å². The highest BCUT2D eigenvalue weighted by Gasteiger charge is 2.56. The zero-order valence-corrected chi connectivity index (χ0v) is 31.2. The van der Waals surface area contributed by atoms with Crippen LogP contribution < -0.4 is 0 Å². The first-order valence-electron chi connectivity index (χ1n) is 18.6. The van der Waals surface area contributed by atoms with Crippen molar-refractivity contribution < 1.29 is 66.3 Å². The number of rotatable bonds is 14. The molecule has 2 saturated heterocycles. The first kappa shape index (κ1) is 40.5. The van der Waals surface area contributed by atoms with Gasteiger partial charge in [0.05, 0.1) is 27.8 Å². The number of benzene rings is 5. The lowest BCUT2D eigenvalue weighted by Gasteiger charge is -2.29. The maximum atomic E-state index is 15.9. The van der Waals surface area contributed by atoms with Gasteiger partial charge in [0.15, 0.2) is 24.6 Å². The molecule has 13 nitrogen and oxygen atoms in total. The normalized spacial score (nSPS) is 23.4. The molecule has 0 saturated carbocycles. The van der Waals surface area contributed by atoms with Crippen LogP contribution in [-0.4, -0.2) is 92.3 Å². The maximum Gasteiger partial charge on any atom is 0.338 e. The molecular weight excluding hydrogens is 767 g/mol. The van der Waals surface area contributed by atoms with Gasteiger partial charge in [-0.1, -0.05) is 91.0 Å². The number of carbonyl (C=O) groups is 5. The van der Waals surface area contributed by atoms with Crippen LogP contribution in [-0.2, 0) is 37.9 Å². The second kappa shape index (κ2) is 19.1. The van der Waals surface area contributed by atoms with Crippen LogP contribution in [0.2, 0.25) is 0 Å². The molecule has 0 N–H and O–H groups in total. The van der Waals surface area contributed by atoms with Crippen molar-refractivity contribution in [3.8, 4) is 0 Å². The summed E-state index contributed by atoms with van der Waals surface area (Å²) < 4.78 is 62.7. The van der Waals surface area contributed by atoms with Crippen LogP contribution >= 0.6 is 0 Å². The third-order valence-electron chi connectivity index (χ3n) is 9.35. The lowest BCUT2D eigenvalue weighted by atomic mass is 10.1. The molecule has 8 atom stereocenters. The molecule has 0 aliphatic carbocycles. The summed E-state index contributed by atoms with van der Waals surface area (Å²) >= 11 is 0. The molecule has 2 fully saturated rings. The van der Waals surface area contributed by atoms with E-state index in [9.17, 15) is 24.0 Å². The van der Waals surface area contributed by atoms with E-state index < -0.39 is 92.3 Å². The van der Waals surface area contributed by atoms with Crippen LogP contribution in [0.5, 0.6) is 0 Å². The minimum absolute atomic E-state index is 0.0948. The Kier molecular flexibility index (Phi) is 13.1. The van der Waals surface area contributed by atoms with Crippen LogP contribution in [0.3, 0.4) is 0 Å². The second-order valence-corrected chi connectivity index (χ2v) is 13.3. The third kappa shape index (κ3) is 10.0. The van der Waals surface area contributed by atoms with Crippen molar-refractivity contribution in [3.63, 3.8) is 0 Å². The van der Waals surface area contributed by atoms with Gasteiger partial charge in [-0.15, -0.1) is 0 Å². The molecule has 7 rings (SSSR count). The molecule has 14 heteroatoms. The molecule has 0 spiro atoms. The molecule has 0 radical (unpaired) electrons. The van der Waals surface area contributed by atoms with Crippen LogP contribution in [0.15, 0.2) is 152 Å². The average Bonchev–Trinajstić information content (AvgIpc) is 3.76. The summed E-state index contributed by atoms with van der Waals surface area (Å²) in [5, 5.41) is 0. The molecule has 0 amide bonds. The van der Waals surface area contributed by atoms with Gasteiger partial charge in [-0.05, 0) is 60.7 Å². The number of hydrogen-bond donors (Lipinski definition) is 0. The van der Waals surface area contributed by atoms with E-state index in [2.05, 4.69) is 0 Å². The van der Waals surface area contributed by atoms with E-state index in [1.54, 1.807) is 91.0 Å². The van der Waals surface area contributed by atoms with Gasteiger partial charge < -0.3 is 37.9 Å². The summed E-state index contributed by atoms with van der Waals surface area (Å²) in [6.45, 7) is -1.11. The largest absolute Gasteiger partial charge is 0.459 e. The van der Waals surface area contributed by atoms with Crippen molar-refractivity contribution in [1.29, 1.82) is 0 Å². The van der Waals surface area contributed by atoms with Crippen molar-refractivity contribution in [1.82, 2.24) is 0 Å². The minimum atomic E-state index is -2.30. The van der Waals surface area contributed by atoms with Crippen molar-refractivity contribution in [2.75, 3.05) is 13.2 Å². The first-order chi connectivity index (χ1) is 28.7. The number of esters is 5. The van der Waals surface area contributed by atoms with Gasteiger partial charge in [-0.2, -0.15) is 0 Å². The van der Waals surface area contributed by atoms with Crippen LogP contribution in [0.4, 0.5) is 4.39 Å². The zero-order valence-electron chi connectivity index (χ0n) is 31.2. The van der Waals surface area contributed by atoms with Crippen LogP contribution in [0.1, 0.15) is 51.8 Å². The molecule has 5 aromatic carbocycles. The summed E-state index contributed by atoms with van der Waals surface area (Å²) in [5.74, 6) is -4.12. The fourth-order valence-electron chi connectivity index (χ4n) is 6.39. The standard InChI is InChI=1S/C45H37FO13/c46-39-37(57-43(50)31-22-12-4-13-23-31)35(33(54-39)26-52-40(47)28-16-6-1-7-17-28)59-45-38(58-44(51)32-24-14-5-15-25-32)36(56-42(49)30-20-10-3-11-21-30)34(55-45)27-53-41(48)29-18-8-2-9-19-29/h1-25,33-39,45H,26-27H2/t33-,34-,35+,36-,37-,38-,39-,45-/m1/s1. The van der Waals surface area contributed by atoms with Gasteiger partial charge in [0, 0.05) is 0 Å². The summed E-state index contributed by atoms with van der Waals surface area (Å²) in [5.41, 5.74) is 0.776. The highest BCUT2D eigenvalue weighted by molar-refractivity contribution is 5.91. The van der Waals surface area contributed by atoms with Gasteiger partial charge in [0.25, 0.3) is 0 Å². The highest BCUT2D eigenvalue weighted by atomic mass is 19.1. The average molecular weight is 805 g/mol. The Hall–Kier alpha value is -6.74. The minimum Gasteiger partial charge on any atom is -0.459 e. The third-order valence-corrected chi connectivity index (χ3v) is 9.35. The summed E-state index contributed by atoms with van der Waals surface area (Å²) in [4.78, 5) is 66.6. The van der Waals surface area contributed by atoms with Crippen molar-refractivity contribution in [2.24, 2.45) is 0 Å². The highest BCUT2D eigenvalue weighted by Crippen LogP contribution is 2.36. The van der Waals surface area contributed by atoms with E-state index in [1.165, 1.54) is 60.7 Å². The van der Waals surface area contributed by atoms with E-state index in [0.29, 0.717) is 0 Å². The SMILES string of the molecule is O=C(OC[C@H]1O[C@@H](F)[C@H](OC(=O)c2ccccc2)[C@H]1O[C@H]1O[C@H](COC(=O)c2ccccc2)[C@@H](OC(=O)c2ccccc2)[C@H]1OC(=O)c1ccccc1)c1ccccc1. The molecule has 0 unspecified atom stereocenters. The Morgan fingerprint density at radius 2 is 0.729 bits per heavy atom. The van der Waals surface area contributed by atoms with Crippen molar-refractivity contribution in [2.45, 2.75) is 49.3 Å². The number of carbonyl (C=O) groups excluding carboxylic acids is 5. The molecule has 2 aliphatic heterocycles. The van der Waals surface area contributed by atoms with Crippen molar-refractivity contribution in [3.05, 3.63) is 179 Å². The monoisotopic (exact) mass is 804 g/mol. The van der Waals surface area contributed by atoms with E-state index in [4.69, 9.17) is 37.9 Å². The van der Waals surface area contributed by atoms with Gasteiger partial charge in [-0.25, -0.2) is 28.4 Å². The molecule has 59 heavy (non-hydrogen) atoms. The smallest absolute Gasteiger partial charge is 0.338 e. The molecular formula is C45H37FO13. The Labute approximate surface area is 337 Å². The van der Waals surface area contributed by atoms with Gasteiger partial charge >= 0.3 is 29.8 Å². The second-order valence-electron chi connectivity index (χ2n) is 13.3. The molecule has 0 aromatic heterocycles. The van der Waals surface area contributed by atoms with E-state index in [1.807, 2.05) is 0 Å².